The van der Waals surface area contributed by atoms with Crippen molar-refractivity contribution in [3.8, 4) is 11.5 Å². The van der Waals surface area contributed by atoms with Gasteiger partial charge in [0.1, 0.15) is 36.2 Å². The number of fused-ring (bicyclic) bond motifs is 1. The van der Waals surface area contributed by atoms with Gasteiger partial charge in [0.25, 0.3) is 5.91 Å². The number of carbonyl (C=O) groups is 5. The van der Waals surface area contributed by atoms with Crippen LogP contribution in [0.15, 0.2) is 53.9 Å². The van der Waals surface area contributed by atoms with Gasteiger partial charge in [-0.3, -0.25) is 24.0 Å². The molecule has 4 rings (SSSR count). The third kappa shape index (κ3) is 10.5. The number of aromatic nitrogens is 1. The number of benzene rings is 2. The molecule has 5 amide bonds. The molecule has 0 bridgehead atoms. The monoisotopic (exact) mass is 678 g/mol. The van der Waals surface area contributed by atoms with E-state index in [0.717, 1.165) is 10.7 Å². The summed E-state index contributed by atoms with van der Waals surface area (Å²) in [5.41, 5.74) is 1.71. The molecule has 3 aromatic rings. The predicted molar refractivity (Wildman–Crippen MR) is 180 cm³/mol. The van der Waals surface area contributed by atoms with Crippen LogP contribution in [0.4, 0.5) is 0 Å². The second-order valence-electron chi connectivity index (χ2n) is 11.9. The third-order valence-corrected chi connectivity index (χ3v) is 8.64. The van der Waals surface area contributed by atoms with Crippen LogP contribution in [-0.4, -0.2) is 77.4 Å². The van der Waals surface area contributed by atoms with E-state index in [2.05, 4.69) is 31.6 Å². The summed E-state index contributed by atoms with van der Waals surface area (Å²) in [5, 5.41) is 26.3. The molecule has 256 valence electrons. The van der Waals surface area contributed by atoms with E-state index in [0.29, 0.717) is 18.4 Å². The summed E-state index contributed by atoms with van der Waals surface area (Å²) in [7, 11) is 0. The molecule has 3 atom stereocenters. The zero-order chi connectivity index (χ0) is 34.6. The van der Waals surface area contributed by atoms with Gasteiger partial charge in [0.2, 0.25) is 23.6 Å². The van der Waals surface area contributed by atoms with Gasteiger partial charge in [-0.15, -0.1) is 11.3 Å². The van der Waals surface area contributed by atoms with E-state index in [4.69, 9.17) is 4.74 Å². The van der Waals surface area contributed by atoms with Crippen molar-refractivity contribution in [2.75, 3.05) is 19.7 Å². The number of nitrogens with one attached hydrogen (secondary N) is 5. The van der Waals surface area contributed by atoms with Crippen molar-refractivity contribution >= 4 is 40.9 Å². The van der Waals surface area contributed by atoms with Gasteiger partial charge in [-0.25, -0.2) is 4.98 Å². The largest absolute Gasteiger partial charge is 0.508 e. The molecule has 1 aliphatic heterocycles. The highest BCUT2D eigenvalue weighted by Gasteiger charge is 2.31. The number of thiazole rings is 1. The number of amides is 5. The summed E-state index contributed by atoms with van der Waals surface area (Å²) < 4.78 is 5.82. The Labute approximate surface area is 283 Å². The summed E-state index contributed by atoms with van der Waals surface area (Å²) in [4.78, 5) is 71.6. The fourth-order valence-corrected chi connectivity index (χ4v) is 5.89. The van der Waals surface area contributed by atoms with Crippen molar-refractivity contribution in [2.45, 2.75) is 64.6 Å². The lowest BCUT2D eigenvalue weighted by Crippen LogP contribution is -2.57. The summed E-state index contributed by atoms with van der Waals surface area (Å²) in [6.45, 7) is 5.88. The normalized spacial score (nSPS) is 19.5. The van der Waals surface area contributed by atoms with E-state index >= 15 is 0 Å². The molecule has 1 aromatic heterocycles. The van der Waals surface area contributed by atoms with Crippen molar-refractivity contribution in [1.82, 2.24) is 31.6 Å². The molecule has 0 spiro atoms. The molecule has 13 nitrogen and oxygen atoms in total. The first kappa shape index (κ1) is 35.9. The van der Waals surface area contributed by atoms with Gasteiger partial charge < -0.3 is 36.4 Å². The van der Waals surface area contributed by atoms with Crippen molar-refractivity contribution < 1.29 is 33.8 Å². The van der Waals surface area contributed by atoms with Gasteiger partial charge >= 0.3 is 0 Å². The molecular weight excluding hydrogens is 636 g/mol. The first-order chi connectivity index (χ1) is 23.0. The van der Waals surface area contributed by atoms with Gasteiger partial charge in [0, 0.05) is 30.5 Å². The molecule has 2 aromatic carbocycles. The number of phenolic OH excluding ortho intramolecular Hbond substituents is 1. The molecule has 0 fully saturated rings. The van der Waals surface area contributed by atoms with E-state index in [1.165, 1.54) is 18.2 Å². The molecule has 6 N–H and O–H groups in total. The number of aryl methyl sites for hydroxylation is 2. The predicted octanol–water partition coefficient (Wildman–Crippen LogP) is 1.77. The van der Waals surface area contributed by atoms with Crippen LogP contribution in [0.2, 0.25) is 0 Å². The van der Waals surface area contributed by atoms with Gasteiger partial charge in [0.15, 0.2) is 0 Å². The second-order valence-corrected chi connectivity index (χ2v) is 12.8. The molecular formula is C34H42N6O7S. The van der Waals surface area contributed by atoms with Crippen molar-refractivity contribution in [2.24, 2.45) is 5.92 Å². The number of phenols is 1. The van der Waals surface area contributed by atoms with Crippen molar-refractivity contribution in [1.29, 1.82) is 0 Å². The van der Waals surface area contributed by atoms with Crippen LogP contribution in [-0.2, 0) is 32.0 Å². The quantitative estimate of drug-likeness (QED) is 0.195. The molecule has 0 unspecified atom stereocenters. The van der Waals surface area contributed by atoms with E-state index in [1.54, 1.807) is 55.5 Å². The number of aromatic hydroxyl groups is 1. The minimum absolute atomic E-state index is 0.0286. The van der Waals surface area contributed by atoms with E-state index in [1.807, 2.05) is 12.3 Å². The number of nitrogens with zero attached hydrogens (tertiary/aromatic N) is 1. The summed E-state index contributed by atoms with van der Waals surface area (Å²) in [5.74, 6) is -2.95. The summed E-state index contributed by atoms with van der Waals surface area (Å²) >= 11 is 1.54. The average molecular weight is 679 g/mol. The lowest BCUT2D eigenvalue weighted by atomic mass is 10.0. The average Bonchev–Trinajstić information content (AvgIpc) is 3.48. The van der Waals surface area contributed by atoms with Crippen molar-refractivity contribution in [3.63, 3.8) is 0 Å². The van der Waals surface area contributed by atoms with Crippen LogP contribution < -0.4 is 31.3 Å². The molecule has 14 heteroatoms. The Morgan fingerprint density at radius 3 is 2.50 bits per heavy atom. The zero-order valence-electron chi connectivity index (χ0n) is 27.2. The number of hydrogen-bond acceptors (Lipinski definition) is 9. The van der Waals surface area contributed by atoms with Gasteiger partial charge in [-0.05, 0) is 49.1 Å². The molecule has 0 radical (unpaired) electrons. The fraction of sp³-hybridized carbons (Fsp3) is 0.412. The van der Waals surface area contributed by atoms with Crippen LogP contribution >= 0.6 is 11.3 Å². The van der Waals surface area contributed by atoms with Gasteiger partial charge in [-0.2, -0.15) is 0 Å². The Morgan fingerprint density at radius 2 is 1.79 bits per heavy atom. The highest BCUT2D eigenvalue weighted by molar-refractivity contribution is 7.09. The Kier molecular flexibility index (Phi) is 12.9. The zero-order valence-corrected chi connectivity index (χ0v) is 28.0. The highest BCUT2D eigenvalue weighted by Crippen LogP contribution is 2.19. The first-order valence-corrected chi connectivity index (χ1v) is 16.7. The lowest BCUT2D eigenvalue weighted by molar-refractivity contribution is -0.133. The Bertz CT molecular complexity index is 1590. The molecule has 1 aliphatic rings. The highest BCUT2D eigenvalue weighted by atomic mass is 32.1. The van der Waals surface area contributed by atoms with E-state index in [-0.39, 0.29) is 49.1 Å². The third-order valence-electron chi connectivity index (χ3n) is 7.61. The molecule has 0 saturated carbocycles. The Morgan fingerprint density at radius 1 is 1.04 bits per heavy atom. The number of carbonyl (C=O) groups excluding carboxylic acids is 5. The lowest BCUT2D eigenvalue weighted by Gasteiger charge is -2.26. The van der Waals surface area contributed by atoms with E-state index < -0.39 is 54.1 Å². The van der Waals surface area contributed by atoms with Crippen LogP contribution in [0.3, 0.4) is 0 Å². The summed E-state index contributed by atoms with van der Waals surface area (Å²) in [6, 6.07) is 9.27. The molecule has 48 heavy (non-hydrogen) atoms. The topological polar surface area (TPSA) is 188 Å². The van der Waals surface area contributed by atoms with E-state index in [9.17, 15) is 29.1 Å². The van der Waals surface area contributed by atoms with Crippen LogP contribution in [0.25, 0.3) is 0 Å². The maximum atomic E-state index is 13.6. The van der Waals surface area contributed by atoms with Gasteiger partial charge in [0.05, 0.1) is 23.5 Å². The SMILES string of the molecule is Cc1csc(CCCNC(=O)[C@@H]2CC(=O)N[C@@H](Cc3ccc(O)cc3)C(=O)N[C@H](C(C)C)C(=O)NCCOc3ccccc3C(=O)N2)n1. The smallest absolute Gasteiger partial charge is 0.255 e. The Hall–Kier alpha value is -4.98. The minimum atomic E-state index is -1.28. The second kappa shape index (κ2) is 17.3. The molecule has 0 aliphatic carbocycles. The number of ether oxygens (including phenoxy) is 1. The minimum Gasteiger partial charge on any atom is -0.508 e. The number of rotatable bonds is 8. The summed E-state index contributed by atoms with van der Waals surface area (Å²) in [6.07, 6.45) is 0.815. The molecule has 2 heterocycles. The van der Waals surface area contributed by atoms with Crippen LogP contribution in [0, 0.1) is 12.8 Å². The number of para-hydroxylation sites is 1. The maximum absolute atomic E-state index is 13.6. The molecule has 0 saturated heterocycles. The van der Waals surface area contributed by atoms with Crippen LogP contribution in [0.5, 0.6) is 11.5 Å². The van der Waals surface area contributed by atoms with Crippen LogP contribution in [0.1, 0.15) is 53.3 Å². The van der Waals surface area contributed by atoms with Crippen molar-refractivity contribution in [3.05, 3.63) is 75.7 Å². The first-order valence-electron chi connectivity index (χ1n) is 15.9. The number of hydrogen-bond donors (Lipinski definition) is 6. The maximum Gasteiger partial charge on any atom is 0.255 e. The van der Waals surface area contributed by atoms with Gasteiger partial charge in [-0.1, -0.05) is 38.1 Å². The standard InChI is InChI=1S/C34H42N6O7S/c1-20(2)30-34(46)36-15-16-47-27-8-5-4-7-24(27)31(43)39-26(32(44)35-14-6-9-29-37-21(3)19-48-29)18-28(42)38-25(33(45)40-30)17-22-10-12-23(41)13-11-22/h4-5,7-8,10-13,19-20,25-26,30,41H,6,9,14-18H2,1-3H3,(H,35,44)(H,36,46)(H,38,42)(H,39,43)(H,40,45)/t25-,26-,30+/m0/s1. The fourth-order valence-electron chi connectivity index (χ4n) is 5.07. The Balaban J connectivity index is 1.58.